The summed E-state index contributed by atoms with van der Waals surface area (Å²) in [6.45, 7) is 2.65. The van der Waals surface area contributed by atoms with Crippen LogP contribution < -0.4 is 11.5 Å². The SMILES string of the molecule is NC(N)=NCC(C(=O)N1CCOCC1)c1ccccc1. The van der Waals surface area contributed by atoms with E-state index in [4.69, 9.17) is 16.2 Å². The minimum atomic E-state index is -0.351. The molecule has 0 aliphatic carbocycles. The summed E-state index contributed by atoms with van der Waals surface area (Å²) in [5.41, 5.74) is 11.7. The van der Waals surface area contributed by atoms with Crippen LogP contribution in [0.4, 0.5) is 0 Å². The van der Waals surface area contributed by atoms with Crippen LogP contribution in [0.25, 0.3) is 0 Å². The van der Waals surface area contributed by atoms with Crippen LogP contribution in [-0.2, 0) is 9.53 Å². The number of nitrogens with zero attached hydrogens (tertiary/aromatic N) is 2. The van der Waals surface area contributed by atoms with Crippen molar-refractivity contribution in [1.29, 1.82) is 0 Å². The van der Waals surface area contributed by atoms with Gasteiger partial charge in [-0.3, -0.25) is 9.79 Å². The number of hydrogen-bond donors (Lipinski definition) is 2. The van der Waals surface area contributed by atoms with E-state index >= 15 is 0 Å². The van der Waals surface area contributed by atoms with Crippen LogP contribution in [0.2, 0.25) is 0 Å². The lowest BCUT2D eigenvalue weighted by Gasteiger charge is -2.30. The third-order valence-electron chi connectivity index (χ3n) is 3.28. The first-order valence-electron chi connectivity index (χ1n) is 6.65. The molecule has 6 nitrogen and oxygen atoms in total. The average molecular weight is 276 g/mol. The Morgan fingerprint density at radius 3 is 2.50 bits per heavy atom. The molecule has 1 aliphatic heterocycles. The molecule has 0 saturated carbocycles. The minimum absolute atomic E-state index is 0.000656. The van der Waals surface area contributed by atoms with Crippen molar-refractivity contribution in [2.75, 3.05) is 32.8 Å². The zero-order valence-corrected chi connectivity index (χ0v) is 11.4. The molecule has 6 heteroatoms. The summed E-state index contributed by atoms with van der Waals surface area (Å²) in [6.07, 6.45) is 0. The molecule has 1 heterocycles. The summed E-state index contributed by atoms with van der Waals surface area (Å²) in [7, 11) is 0. The largest absolute Gasteiger partial charge is 0.378 e. The van der Waals surface area contributed by atoms with E-state index in [0.29, 0.717) is 26.3 Å². The first kappa shape index (κ1) is 14.3. The van der Waals surface area contributed by atoms with E-state index in [-0.39, 0.29) is 24.3 Å². The van der Waals surface area contributed by atoms with Gasteiger partial charge in [-0.2, -0.15) is 0 Å². The van der Waals surface area contributed by atoms with Crippen LogP contribution in [0.5, 0.6) is 0 Å². The monoisotopic (exact) mass is 276 g/mol. The lowest BCUT2D eigenvalue weighted by molar-refractivity contribution is -0.136. The van der Waals surface area contributed by atoms with Gasteiger partial charge < -0.3 is 21.1 Å². The highest BCUT2D eigenvalue weighted by atomic mass is 16.5. The van der Waals surface area contributed by atoms with Gasteiger partial charge in [0.1, 0.15) is 0 Å². The fourth-order valence-corrected chi connectivity index (χ4v) is 2.21. The number of carbonyl (C=O) groups is 1. The smallest absolute Gasteiger partial charge is 0.232 e. The number of ether oxygens (including phenoxy) is 1. The highest BCUT2D eigenvalue weighted by molar-refractivity contribution is 5.85. The molecule has 0 spiro atoms. The lowest BCUT2D eigenvalue weighted by atomic mass is 9.97. The molecule has 1 amide bonds. The van der Waals surface area contributed by atoms with Crippen molar-refractivity contribution in [3.8, 4) is 0 Å². The van der Waals surface area contributed by atoms with E-state index < -0.39 is 0 Å². The maximum atomic E-state index is 12.6. The van der Waals surface area contributed by atoms with E-state index in [1.165, 1.54) is 0 Å². The van der Waals surface area contributed by atoms with Gasteiger partial charge in [0.25, 0.3) is 0 Å². The predicted octanol–water partition coefficient (Wildman–Crippen LogP) is -0.0976. The molecule has 0 bridgehead atoms. The van der Waals surface area contributed by atoms with Gasteiger partial charge in [-0.25, -0.2) is 0 Å². The molecule has 1 aromatic rings. The van der Waals surface area contributed by atoms with Gasteiger partial charge in [0, 0.05) is 13.1 Å². The number of benzene rings is 1. The molecule has 20 heavy (non-hydrogen) atoms. The van der Waals surface area contributed by atoms with Crippen LogP contribution in [0.3, 0.4) is 0 Å². The van der Waals surface area contributed by atoms with Crippen molar-refractivity contribution in [3.63, 3.8) is 0 Å². The fourth-order valence-electron chi connectivity index (χ4n) is 2.21. The number of rotatable bonds is 4. The number of nitrogens with two attached hydrogens (primary N) is 2. The van der Waals surface area contributed by atoms with E-state index in [1.54, 1.807) is 0 Å². The maximum absolute atomic E-state index is 12.6. The van der Waals surface area contributed by atoms with Crippen LogP contribution in [0, 0.1) is 0 Å². The number of amides is 1. The predicted molar refractivity (Wildman–Crippen MR) is 77.3 cm³/mol. The van der Waals surface area contributed by atoms with Gasteiger partial charge in [-0.15, -0.1) is 0 Å². The summed E-state index contributed by atoms with van der Waals surface area (Å²) in [5, 5.41) is 0. The van der Waals surface area contributed by atoms with E-state index in [0.717, 1.165) is 5.56 Å². The Hall–Kier alpha value is -2.08. The second-order valence-electron chi connectivity index (χ2n) is 4.67. The standard InChI is InChI=1S/C14H20N4O2/c15-14(16)17-10-12(11-4-2-1-3-5-11)13(19)18-6-8-20-9-7-18/h1-5,12H,6-10H2,(H4,15,16,17). The molecule has 1 atom stereocenters. The zero-order chi connectivity index (χ0) is 14.4. The summed E-state index contributed by atoms with van der Waals surface area (Å²) in [5.74, 6) is -0.304. The second-order valence-corrected chi connectivity index (χ2v) is 4.67. The Labute approximate surface area is 118 Å². The molecule has 0 radical (unpaired) electrons. The van der Waals surface area contributed by atoms with E-state index in [1.807, 2.05) is 35.2 Å². The number of hydrogen-bond acceptors (Lipinski definition) is 3. The third-order valence-corrected chi connectivity index (χ3v) is 3.28. The number of aliphatic imine (C=N–C) groups is 1. The molecule has 108 valence electrons. The third kappa shape index (κ3) is 3.71. The fraction of sp³-hybridized carbons (Fsp3) is 0.429. The molecule has 1 aliphatic rings. The molecule has 1 saturated heterocycles. The van der Waals surface area contributed by atoms with Gasteiger partial charge in [0.05, 0.1) is 25.7 Å². The van der Waals surface area contributed by atoms with Gasteiger partial charge in [0.2, 0.25) is 5.91 Å². The van der Waals surface area contributed by atoms with Crippen molar-refractivity contribution in [1.82, 2.24) is 4.90 Å². The maximum Gasteiger partial charge on any atom is 0.232 e. The molecular formula is C14H20N4O2. The Morgan fingerprint density at radius 1 is 1.25 bits per heavy atom. The normalized spacial score (nSPS) is 16.5. The molecule has 1 unspecified atom stereocenters. The van der Waals surface area contributed by atoms with Crippen molar-refractivity contribution in [2.24, 2.45) is 16.5 Å². The second kappa shape index (κ2) is 6.91. The molecule has 4 N–H and O–H groups in total. The van der Waals surface area contributed by atoms with Crippen molar-refractivity contribution in [3.05, 3.63) is 35.9 Å². The summed E-state index contributed by atoms with van der Waals surface area (Å²) < 4.78 is 5.27. The number of morpholine rings is 1. The summed E-state index contributed by atoms with van der Waals surface area (Å²) in [6, 6.07) is 9.58. The first-order valence-corrected chi connectivity index (χ1v) is 6.65. The first-order chi connectivity index (χ1) is 9.68. The van der Waals surface area contributed by atoms with Crippen LogP contribution in [-0.4, -0.2) is 49.6 Å². The molecule has 1 fully saturated rings. The van der Waals surface area contributed by atoms with E-state index in [2.05, 4.69) is 4.99 Å². The van der Waals surface area contributed by atoms with Crippen LogP contribution in [0.1, 0.15) is 11.5 Å². The Bertz CT molecular complexity index is 465. The molecule has 0 aromatic heterocycles. The summed E-state index contributed by atoms with van der Waals surface area (Å²) in [4.78, 5) is 18.5. The van der Waals surface area contributed by atoms with Crippen molar-refractivity contribution >= 4 is 11.9 Å². The van der Waals surface area contributed by atoms with Crippen LogP contribution in [0.15, 0.2) is 35.3 Å². The van der Waals surface area contributed by atoms with Crippen molar-refractivity contribution in [2.45, 2.75) is 5.92 Å². The van der Waals surface area contributed by atoms with Gasteiger partial charge in [-0.05, 0) is 5.56 Å². The summed E-state index contributed by atoms with van der Waals surface area (Å²) >= 11 is 0. The molecule has 2 rings (SSSR count). The van der Waals surface area contributed by atoms with Gasteiger partial charge in [0.15, 0.2) is 5.96 Å². The molecular weight excluding hydrogens is 256 g/mol. The zero-order valence-electron chi connectivity index (χ0n) is 11.4. The number of guanidine groups is 1. The number of carbonyl (C=O) groups excluding carboxylic acids is 1. The Morgan fingerprint density at radius 2 is 1.90 bits per heavy atom. The van der Waals surface area contributed by atoms with Crippen LogP contribution >= 0.6 is 0 Å². The minimum Gasteiger partial charge on any atom is -0.378 e. The average Bonchev–Trinajstić information content (AvgIpc) is 2.49. The highest BCUT2D eigenvalue weighted by Gasteiger charge is 2.26. The van der Waals surface area contributed by atoms with Crippen molar-refractivity contribution < 1.29 is 9.53 Å². The quantitative estimate of drug-likeness (QED) is 0.593. The molecule has 1 aromatic carbocycles. The highest BCUT2D eigenvalue weighted by Crippen LogP contribution is 2.19. The lowest BCUT2D eigenvalue weighted by Crippen LogP contribution is -2.43. The van der Waals surface area contributed by atoms with E-state index in [9.17, 15) is 4.79 Å². The topological polar surface area (TPSA) is 93.9 Å². The Kier molecular flexibility index (Phi) is 4.95. The van der Waals surface area contributed by atoms with Gasteiger partial charge >= 0.3 is 0 Å². The van der Waals surface area contributed by atoms with Gasteiger partial charge in [-0.1, -0.05) is 30.3 Å². The Balaban J connectivity index is 2.17.